The fraction of sp³-hybridized carbons (Fsp3) is 0.263. The summed E-state index contributed by atoms with van der Waals surface area (Å²) in [6.45, 7) is 0.502. The van der Waals surface area contributed by atoms with Gasteiger partial charge in [-0.05, 0) is 43.2 Å². The van der Waals surface area contributed by atoms with Gasteiger partial charge >= 0.3 is 6.18 Å². The number of hydrazine groups is 1. The second-order valence-electron chi connectivity index (χ2n) is 6.64. The number of nitro groups is 1. The van der Waals surface area contributed by atoms with E-state index in [2.05, 4.69) is 16.2 Å². The van der Waals surface area contributed by atoms with E-state index in [4.69, 9.17) is 4.74 Å². The first-order chi connectivity index (χ1) is 14.6. The zero-order valence-corrected chi connectivity index (χ0v) is 15.9. The van der Waals surface area contributed by atoms with Crippen molar-refractivity contribution in [3.05, 3.63) is 63.7 Å². The van der Waals surface area contributed by atoms with Crippen LogP contribution in [0.15, 0.2) is 42.5 Å². The highest BCUT2D eigenvalue weighted by atomic mass is 19.4. The summed E-state index contributed by atoms with van der Waals surface area (Å²) in [6.07, 6.45) is -3.93. The highest BCUT2D eigenvalue weighted by Crippen LogP contribution is 2.34. The third-order valence-electron chi connectivity index (χ3n) is 4.45. The maximum Gasteiger partial charge on any atom is 0.416 e. The lowest BCUT2D eigenvalue weighted by Crippen LogP contribution is -2.30. The van der Waals surface area contributed by atoms with Crippen molar-refractivity contribution < 1.29 is 32.4 Å². The van der Waals surface area contributed by atoms with Crippen LogP contribution in [0.25, 0.3) is 0 Å². The van der Waals surface area contributed by atoms with Crippen molar-refractivity contribution in [3.8, 4) is 0 Å². The third kappa shape index (κ3) is 5.48. The molecule has 2 aromatic rings. The van der Waals surface area contributed by atoms with Gasteiger partial charge in [-0.1, -0.05) is 6.07 Å². The smallest absolute Gasteiger partial charge is 0.368 e. The van der Waals surface area contributed by atoms with Crippen LogP contribution >= 0.6 is 0 Å². The largest absolute Gasteiger partial charge is 0.416 e. The van der Waals surface area contributed by atoms with Crippen LogP contribution in [0.1, 0.15) is 28.8 Å². The van der Waals surface area contributed by atoms with Crippen LogP contribution in [0, 0.1) is 10.1 Å². The van der Waals surface area contributed by atoms with E-state index in [0.717, 1.165) is 12.5 Å². The molecule has 0 saturated carbocycles. The molecule has 9 nitrogen and oxygen atoms in total. The lowest BCUT2D eigenvalue weighted by Gasteiger charge is -2.13. The molecule has 0 spiro atoms. The number of hydrogen-bond acceptors (Lipinski definition) is 6. The molecule has 2 amide bonds. The second-order valence-corrected chi connectivity index (χ2v) is 6.64. The van der Waals surface area contributed by atoms with Gasteiger partial charge in [-0.15, -0.1) is 0 Å². The third-order valence-corrected chi connectivity index (χ3v) is 4.45. The monoisotopic (exact) mass is 438 g/mol. The molecule has 1 heterocycles. The molecule has 1 aliphatic heterocycles. The van der Waals surface area contributed by atoms with Gasteiger partial charge < -0.3 is 10.1 Å². The van der Waals surface area contributed by atoms with Gasteiger partial charge in [0.25, 0.3) is 17.5 Å². The van der Waals surface area contributed by atoms with Gasteiger partial charge in [-0.3, -0.25) is 30.6 Å². The van der Waals surface area contributed by atoms with Gasteiger partial charge in [0.15, 0.2) is 0 Å². The summed E-state index contributed by atoms with van der Waals surface area (Å²) in [7, 11) is 0. The summed E-state index contributed by atoms with van der Waals surface area (Å²) in [4.78, 5) is 34.6. The van der Waals surface area contributed by atoms with Gasteiger partial charge in [0.1, 0.15) is 11.8 Å². The van der Waals surface area contributed by atoms with E-state index >= 15 is 0 Å². The van der Waals surface area contributed by atoms with Gasteiger partial charge in [0, 0.05) is 23.9 Å². The predicted octanol–water partition coefficient (Wildman–Crippen LogP) is 3.49. The average molecular weight is 438 g/mol. The van der Waals surface area contributed by atoms with Crippen LogP contribution < -0.4 is 16.2 Å². The van der Waals surface area contributed by atoms with Crippen molar-refractivity contribution >= 4 is 28.9 Å². The van der Waals surface area contributed by atoms with Crippen LogP contribution in [0.5, 0.6) is 0 Å². The Bertz CT molecular complexity index is 1010. The summed E-state index contributed by atoms with van der Waals surface area (Å²) in [5.41, 5.74) is 2.53. The van der Waals surface area contributed by atoms with Crippen LogP contribution in [0.2, 0.25) is 0 Å². The molecule has 1 fully saturated rings. The molecule has 164 valence electrons. The van der Waals surface area contributed by atoms with Crippen molar-refractivity contribution in [2.45, 2.75) is 25.1 Å². The maximum absolute atomic E-state index is 12.8. The number of nitrogens with one attached hydrogen (secondary N) is 3. The number of benzene rings is 2. The van der Waals surface area contributed by atoms with E-state index in [0.29, 0.717) is 30.8 Å². The molecule has 0 bridgehead atoms. The topological polar surface area (TPSA) is 123 Å². The Morgan fingerprint density at radius 2 is 1.94 bits per heavy atom. The number of amides is 2. The Kier molecular flexibility index (Phi) is 6.39. The second kappa shape index (κ2) is 9.00. The molecule has 12 heteroatoms. The molecule has 1 saturated heterocycles. The quantitative estimate of drug-likeness (QED) is 0.469. The van der Waals surface area contributed by atoms with Crippen LogP contribution in [-0.2, 0) is 15.7 Å². The fourth-order valence-corrected chi connectivity index (χ4v) is 2.91. The highest BCUT2D eigenvalue weighted by molar-refractivity contribution is 5.98. The highest BCUT2D eigenvalue weighted by Gasteiger charge is 2.33. The number of ether oxygens (including phenoxy) is 1. The number of rotatable bonds is 6. The molecule has 0 aliphatic carbocycles. The molecule has 1 aliphatic rings. The van der Waals surface area contributed by atoms with E-state index in [-0.39, 0.29) is 17.2 Å². The van der Waals surface area contributed by atoms with Gasteiger partial charge in [-0.2, -0.15) is 13.2 Å². The predicted molar refractivity (Wildman–Crippen MR) is 103 cm³/mol. The maximum atomic E-state index is 12.8. The van der Waals surface area contributed by atoms with Gasteiger partial charge in [-0.25, -0.2) is 0 Å². The standard InChI is InChI=1S/C19H17F3N4O5/c20-19(21,22)12-6-7-14(15(10-12)26(29)30)24-25-17(27)11-3-1-4-13(9-11)23-18(28)16-5-2-8-31-16/h1,3-4,6-7,9-10,16,24H,2,5,8H2,(H,23,28)(H,25,27)/t16-/m0/s1. The lowest BCUT2D eigenvalue weighted by molar-refractivity contribution is -0.384. The Morgan fingerprint density at radius 3 is 2.58 bits per heavy atom. The molecule has 31 heavy (non-hydrogen) atoms. The summed E-state index contributed by atoms with van der Waals surface area (Å²) < 4.78 is 43.6. The molecule has 3 rings (SSSR count). The first-order valence-corrected chi connectivity index (χ1v) is 9.09. The first-order valence-electron chi connectivity index (χ1n) is 9.09. The zero-order valence-electron chi connectivity index (χ0n) is 15.9. The van der Waals surface area contributed by atoms with Crippen molar-refractivity contribution in [1.29, 1.82) is 0 Å². The summed E-state index contributed by atoms with van der Waals surface area (Å²) in [5, 5.41) is 13.7. The van der Waals surface area contributed by atoms with Crippen LogP contribution in [-0.4, -0.2) is 29.4 Å². The Hall–Kier alpha value is -3.67. The number of halogens is 3. The minimum Gasteiger partial charge on any atom is -0.368 e. The Morgan fingerprint density at radius 1 is 1.16 bits per heavy atom. The molecule has 0 unspecified atom stereocenters. The number of carbonyl (C=O) groups is 2. The van der Waals surface area contributed by atoms with Crippen LogP contribution in [0.4, 0.5) is 30.2 Å². The molecule has 0 aromatic heterocycles. The first kappa shape index (κ1) is 22.0. The molecular formula is C19H17F3N4O5. The van der Waals surface area contributed by atoms with Crippen molar-refractivity contribution in [3.63, 3.8) is 0 Å². The molecule has 2 aromatic carbocycles. The number of nitrogens with zero attached hydrogens (tertiary/aromatic N) is 1. The summed E-state index contributed by atoms with van der Waals surface area (Å²) in [5.74, 6) is -1.06. The Balaban J connectivity index is 1.68. The number of hydrogen-bond donors (Lipinski definition) is 3. The van der Waals surface area contributed by atoms with Crippen molar-refractivity contribution in [2.75, 3.05) is 17.3 Å². The minimum atomic E-state index is -4.75. The molecule has 0 radical (unpaired) electrons. The van der Waals surface area contributed by atoms with Crippen molar-refractivity contribution in [1.82, 2.24) is 5.43 Å². The average Bonchev–Trinajstić information content (AvgIpc) is 3.26. The molecule has 1 atom stereocenters. The van der Waals surface area contributed by atoms with E-state index in [9.17, 15) is 32.9 Å². The van der Waals surface area contributed by atoms with E-state index in [1.165, 1.54) is 18.2 Å². The lowest BCUT2D eigenvalue weighted by atomic mass is 10.1. The SMILES string of the molecule is O=C(NNc1ccc(C(F)(F)F)cc1[N+](=O)[O-])c1cccc(NC(=O)[C@@H]2CCCO2)c1. The van der Waals surface area contributed by atoms with E-state index < -0.39 is 34.4 Å². The molecular weight excluding hydrogens is 421 g/mol. The summed E-state index contributed by atoms with van der Waals surface area (Å²) in [6, 6.07) is 7.77. The number of anilines is 2. The fourth-order valence-electron chi connectivity index (χ4n) is 2.91. The van der Waals surface area contributed by atoms with Crippen LogP contribution in [0.3, 0.4) is 0 Å². The molecule has 3 N–H and O–H groups in total. The number of alkyl halides is 3. The number of nitro benzene ring substituents is 1. The van der Waals surface area contributed by atoms with Crippen molar-refractivity contribution in [2.24, 2.45) is 0 Å². The zero-order chi connectivity index (χ0) is 22.6. The summed E-state index contributed by atoms with van der Waals surface area (Å²) >= 11 is 0. The van der Waals surface area contributed by atoms with Gasteiger partial charge in [0.2, 0.25) is 0 Å². The van der Waals surface area contributed by atoms with Gasteiger partial charge in [0.05, 0.1) is 10.5 Å². The van der Waals surface area contributed by atoms with E-state index in [1.807, 2.05) is 0 Å². The minimum absolute atomic E-state index is 0.104. The number of carbonyl (C=O) groups excluding carboxylic acids is 2. The normalized spacial score (nSPS) is 15.9. The Labute approximate surface area is 173 Å². The van der Waals surface area contributed by atoms with E-state index in [1.54, 1.807) is 6.07 Å².